The minimum Gasteiger partial charge on any atom is -0.487 e. The molecule has 0 saturated carbocycles. The van der Waals surface area contributed by atoms with Gasteiger partial charge in [0, 0.05) is 16.7 Å². The molecule has 1 N–H and O–H groups in total. The molecule has 5 aromatic rings. The highest BCUT2D eigenvalue weighted by Gasteiger charge is 2.36. The van der Waals surface area contributed by atoms with Crippen LogP contribution in [0.25, 0.3) is 22.8 Å². The average Bonchev–Trinajstić information content (AvgIpc) is 2.95. The van der Waals surface area contributed by atoms with Crippen molar-refractivity contribution in [2.45, 2.75) is 12.8 Å². The van der Waals surface area contributed by atoms with E-state index in [9.17, 15) is 22.4 Å². The monoisotopic (exact) mass is 542 g/mol. The summed E-state index contributed by atoms with van der Waals surface area (Å²) in [4.78, 5) is 26.7. The summed E-state index contributed by atoms with van der Waals surface area (Å²) < 4.78 is 60.9. The van der Waals surface area contributed by atoms with Gasteiger partial charge in [-0.3, -0.25) is 9.97 Å². The maximum Gasteiger partial charge on any atom is 0.417 e. The summed E-state index contributed by atoms with van der Waals surface area (Å²) in [5, 5.41) is 0. The molecule has 0 unspecified atom stereocenters. The molecule has 198 valence electrons. The zero-order valence-electron chi connectivity index (χ0n) is 20.5. The van der Waals surface area contributed by atoms with E-state index in [1.54, 1.807) is 24.3 Å². The van der Waals surface area contributed by atoms with Crippen molar-refractivity contribution in [3.05, 3.63) is 130 Å². The summed E-state index contributed by atoms with van der Waals surface area (Å²) in [7, 11) is 0. The molecule has 0 radical (unpaired) electrons. The predicted molar refractivity (Wildman–Crippen MR) is 139 cm³/mol. The Hall–Kier alpha value is -5.30. The van der Waals surface area contributed by atoms with Crippen LogP contribution < -0.4 is 10.4 Å². The number of H-pyrrole nitrogens is 1. The van der Waals surface area contributed by atoms with Crippen molar-refractivity contribution in [2.75, 3.05) is 0 Å². The number of hydrogen-bond donors (Lipinski definition) is 1. The van der Waals surface area contributed by atoms with Gasteiger partial charge < -0.3 is 4.74 Å². The molecule has 0 atom stereocenters. The summed E-state index contributed by atoms with van der Waals surface area (Å²) >= 11 is 0. The fraction of sp³-hybridized carbons (Fsp3) is 0.0667. The standard InChI is InChI=1S/C30H18F4N4O2/c31-22-15-16-23(35-17-22)18-40-25-8-4-7-24(30(32,33)34)26(25)28-36-27(37-29(39)38-28)21-13-11-20(12-14-21)10-9-19-5-2-1-3-6-19/h1-8,11-17H,18H2,(H,36,37,38,39). The Bertz CT molecular complexity index is 1760. The molecule has 5 rings (SSSR count). The molecule has 2 heterocycles. The summed E-state index contributed by atoms with van der Waals surface area (Å²) in [5.41, 5.74) is -0.212. The highest BCUT2D eigenvalue weighted by molar-refractivity contribution is 5.71. The molecule has 0 saturated heterocycles. The van der Waals surface area contributed by atoms with Crippen molar-refractivity contribution >= 4 is 0 Å². The van der Waals surface area contributed by atoms with Crippen molar-refractivity contribution in [1.29, 1.82) is 0 Å². The fourth-order valence-corrected chi connectivity index (χ4v) is 3.78. The lowest BCUT2D eigenvalue weighted by Crippen LogP contribution is -2.17. The largest absolute Gasteiger partial charge is 0.487 e. The first kappa shape index (κ1) is 26.3. The lowest BCUT2D eigenvalue weighted by molar-refractivity contribution is -0.137. The normalized spacial score (nSPS) is 11.0. The minimum atomic E-state index is -4.79. The Morgan fingerprint density at radius 1 is 0.825 bits per heavy atom. The van der Waals surface area contributed by atoms with Gasteiger partial charge in [-0.15, -0.1) is 0 Å². The van der Waals surface area contributed by atoms with E-state index in [1.165, 1.54) is 18.2 Å². The number of aromatic nitrogens is 4. The maximum absolute atomic E-state index is 14.0. The van der Waals surface area contributed by atoms with E-state index < -0.39 is 28.8 Å². The molecule has 0 aliphatic rings. The average molecular weight is 542 g/mol. The number of pyridine rings is 1. The van der Waals surface area contributed by atoms with Crippen molar-refractivity contribution < 1.29 is 22.3 Å². The third kappa shape index (κ3) is 6.22. The molecule has 2 aromatic heterocycles. The number of aromatic amines is 1. The van der Waals surface area contributed by atoms with E-state index in [0.29, 0.717) is 11.1 Å². The number of rotatable bonds is 5. The second kappa shape index (κ2) is 11.2. The van der Waals surface area contributed by atoms with Crippen LogP contribution in [0.15, 0.2) is 95.9 Å². The van der Waals surface area contributed by atoms with Crippen molar-refractivity contribution in [2.24, 2.45) is 0 Å². The van der Waals surface area contributed by atoms with E-state index in [0.717, 1.165) is 23.9 Å². The Balaban J connectivity index is 1.51. The Morgan fingerprint density at radius 3 is 2.23 bits per heavy atom. The Kier molecular flexibility index (Phi) is 7.37. The zero-order chi connectivity index (χ0) is 28.1. The lowest BCUT2D eigenvalue weighted by Gasteiger charge is -2.17. The highest BCUT2D eigenvalue weighted by Crippen LogP contribution is 2.41. The van der Waals surface area contributed by atoms with Crippen LogP contribution in [0.5, 0.6) is 5.75 Å². The first-order valence-electron chi connectivity index (χ1n) is 11.9. The lowest BCUT2D eigenvalue weighted by atomic mass is 10.0. The van der Waals surface area contributed by atoms with Gasteiger partial charge in [0.1, 0.15) is 24.0 Å². The zero-order valence-corrected chi connectivity index (χ0v) is 20.5. The van der Waals surface area contributed by atoms with Crippen LogP contribution in [0, 0.1) is 17.7 Å². The van der Waals surface area contributed by atoms with Crippen LogP contribution in [-0.2, 0) is 12.8 Å². The van der Waals surface area contributed by atoms with Crippen LogP contribution in [0.4, 0.5) is 17.6 Å². The molecule has 10 heteroatoms. The van der Waals surface area contributed by atoms with E-state index in [1.807, 2.05) is 30.3 Å². The summed E-state index contributed by atoms with van der Waals surface area (Å²) in [6.45, 7) is -0.248. The topological polar surface area (TPSA) is 80.8 Å². The summed E-state index contributed by atoms with van der Waals surface area (Å²) in [6.07, 6.45) is -3.82. The highest BCUT2D eigenvalue weighted by atomic mass is 19.4. The number of nitrogens with one attached hydrogen (secondary N) is 1. The van der Waals surface area contributed by atoms with Gasteiger partial charge in [-0.25, -0.2) is 14.2 Å². The Morgan fingerprint density at radius 2 is 1.55 bits per heavy atom. The molecular formula is C30H18F4N4O2. The first-order valence-corrected chi connectivity index (χ1v) is 11.9. The second-order valence-electron chi connectivity index (χ2n) is 8.45. The van der Waals surface area contributed by atoms with Crippen molar-refractivity contribution in [3.8, 4) is 40.4 Å². The molecule has 0 spiro atoms. The number of nitrogens with zero attached hydrogens (tertiary/aromatic N) is 3. The van der Waals surface area contributed by atoms with Gasteiger partial charge in [-0.1, -0.05) is 36.1 Å². The molecule has 0 bridgehead atoms. The van der Waals surface area contributed by atoms with E-state index in [2.05, 4.69) is 31.8 Å². The van der Waals surface area contributed by atoms with Gasteiger partial charge in [0.25, 0.3) is 0 Å². The smallest absolute Gasteiger partial charge is 0.417 e. The van der Waals surface area contributed by atoms with Crippen LogP contribution in [-0.4, -0.2) is 19.9 Å². The van der Waals surface area contributed by atoms with Crippen molar-refractivity contribution in [3.63, 3.8) is 0 Å². The molecule has 0 aliphatic carbocycles. The second-order valence-corrected chi connectivity index (χ2v) is 8.45. The molecule has 0 fully saturated rings. The number of benzene rings is 3. The first-order chi connectivity index (χ1) is 19.3. The maximum atomic E-state index is 14.0. The molecule has 3 aromatic carbocycles. The Labute approximate surface area is 225 Å². The van der Waals surface area contributed by atoms with Gasteiger partial charge in [-0.05, 0) is 60.7 Å². The van der Waals surface area contributed by atoms with Crippen LogP contribution in [0.1, 0.15) is 22.4 Å². The van der Waals surface area contributed by atoms with E-state index in [-0.39, 0.29) is 29.7 Å². The van der Waals surface area contributed by atoms with Gasteiger partial charge >= 0.3 is 11.9 Å². The number of alkyl halides is 3. The molecule has 0 aliphatic heterocycles. The summed E-state index contributed by atoms with van der Waals surface area (Å²) in [5.74, 6) is 4.84. The molecular weight excluding hydrogens is 524 g/mol. The van der Waals surface area contributed by atoms with E-state index >= 15 is 0 Å². The summed E-state index contributed by atoms with van der Waals surface area (Å²) in [6, 6.07) is 21.9. The fourth-order valence-electron chi connectivity index (χ4n) is 3.78. The number of halogens is 4. The predicted octanol–water partition coefficient (Wildman–Crippen LogP) is 6.03. The van der Waals surface area contributed by atoms with E-state index in [4.69, 9.17) is 4.74 Å². The molecule has 0 amide bonds. The molecule has 40 heavy (non-hydrogen) atoms. The van der Waals surface area contributed by atoms with Crippen LogP contribution >= 0.6 is 0 Å². The van der Waals surface area contributed by atoms with Crippen LogP contribution in [0.2, 0.25) is 0 Å². The quantitative estimate of drug-likeness (QED) is 0.217. The van der Waals surface area contributed by atoms with Gasteiger partial charge in [0.05, 0.1) is 23.0 Å². The third-order valence-electron chi connectivity index (χ3n) is 5.65. The third-order valence-corrected chi connectivity index (χ3v) is 5.65. The minimum absolute atomic E-state index is 0.0792. The van der Waals surface area contributed by atoms with Gasteiger partial charge in [-0.2, -0.15) is 18.2 Å². The number of hydrogen-bond acceptors (Lipinski definition) is 5. The van der Waals surface area contributed by atoms with Gasteiger partial charge in [0.2, 0.25) is 0 Å². The van der Waals surface area contributed by atoms with Crippen molar-refractivity contribution in [1.82, 2.24) is 19.9 Å². The SMILES string of the molecule is O=c1nc(-c2ccc(C#Cc3ccccc3)cc2)nc(-c2c(OCc3ccc(F)cn3)cccc2C(F)(F)F)[nH]1. The number of ether oxygens (including phenoxy) is 1. The molecule has 6 nitrogen and oxygen atoms in total. The van der Waals surface area contributed by atoms with Gasteiger partial charge in [0.15, 0.2) is 5.82 Å². The van der Waals surface area contributed by atoms with Crippen LogP contribution in [0.3, 0.4) is 0 Å².